The van der Waals surface area contributed by atoms with Crippen LogP contribution in [0.25, 0.3) is 0 Å². The molecule has 0 spiro atoms. The van der Waals surface area contributed by atoms with Crippen molar-refractivity contribution in [3.8, 4) is 0 Å². The minimum atomic E-state index is 0.620. The molecule has 0 atom stereocenters. The fourth-order valence-electron chi connectivity index (χ4n) is 0.181. The Bertz CT molecular complexity index is 101. The number of hydrogen-bond donors (Lipinski definition) is 0. The highest BCUT2D eigenvalue weighted by Gasteiger charge is 1.72. The number of rotatable bonds is 2. The second-order valence-corrected chi connectivity index (χ2v) is 1.43. The molecule has 0 aromatic carbocycles. The van der Waals surface area contributed by atoms with Gasteiger partial charge in [-0.25, -0.2) is 0 Å². The van der Waals surface area contributed by atoms with Gasteiger partial charge in [-0.2, -0.15) is 0 Å². The third-order valence-corrected chi connectivity index (χ3v) is 0.752. The number of hydrogen-bond acceptors (Lipinski definition) is 0. The van der Waals surface area contributed by atoms with Gasteiger partial charge >= 0.3 is 0 Å². The minimum absolute atomic E-state index is 0.620. The van der Waals surface area contributed by atoms with Crippen molar-refractivity contribution in [3.63, 3.8) is 0 Å². The second kappa shape index (κ2) is 22.7. The summed E-state index contributed by atoms with van der Waals surface area (Å²) in [4.78, 5) is 0. The first-order chi connectivity index (χ1) is 5.31. The summed E-state index contributed by atoms with van der Waals surface area (Å²) in [5, 5.41) is 0.620. The molecule has 0 fully saturated rings. The lowest BCUT2D eigenvalue weighted by atomic mass is 10.5. The minimum Gasteiger partial charge on any atom is -0.0990 e. The summed E-state index contributed by atoms with van der Waals surface area (Å²) in [6.45, 7) is 14.9. The van der Waals surface area contributed by atoms with Gasteiger partial charge in [0.25, 0.3) is 0 Å². The Morgan fingerprint density at radius 2 is 1.45 bits per heavy atom. The molecule has 0 saturated heterocycles. The van der Waals surface area contributed by atoms with Gasteiger partial charge < -0.3 is 0 Å². The van der Waals surface area contributed by atoms with E-state index in [0.29, 0.717) is 5.03 Å². The molecular formula is C10H19Cl. The molecule has 0 rings (SSSR count). The molecule has 66 valence electrons. The zero-order valence-corrected chi connectivity index (χ0v) is 8.78. The normalized spacial score (nSPS) is 7.91. The molecular weight excluding hydrogens is 156 g/mol. The van der Waals surface area contributed by atoms with Crippen LogP contribution >= 0.6 is 11.6 Å². The third kappa shape index (κ3) is 26.4. The maximum Gasteiger partial charge on any atom is 0.0399 e. The molecule has 0 radical (unpaired) electrons. The summed E-state index contributed by atoms with van der Waals surface area (Å²) in [5.74, 6) is 0. The van der Waals surface area contributed by atoms with E-state index in [4.69, 9.17) is 11.6 Å². The number of allylic oxidation sites excluding steroid dienone is 4. The SMILES string of the molecule is C=C/C=C(/Cl)C=C.CC.CC. The highest BCUT2D eigenvalue weighted by molar-refractivity contribution is 6.31. The molecule has 1 heteroatoms. The second-order valence-electron chi connectivity index (χ2n) is 0.991. The van der Waals surface area contributed by atoms with E-state index < -0.39 is 0 Å². The van der Waals surface area contributed by atoms with Crippen LogP contribution in [0.2, 0.25) is 0 Å². The Labute approximate surface area is 76.3 Å². The Balaban J connectivity index is -0.000000138. The lowest BCUT2D eigenvalue weighted by Gasteiger charge is -1.76. The number of halogens is 1. The van der Waals surface area contributed by atoms with Gasteiger partial charge in [-0.15, -0.1) is 0 Å². The van der Waals surface area contributed by atoms with Crippen molar-refractivity contribution in [2.45, 2.75) is 27.7 Å². The van der Waals surface area contributed by atoms with E-state index in [-0.39, 0.29) is 0 Å². The zero-order valence-electron chi connectivity index (χ0n) is 8.02. The van der Waals surface area contributed by atoms with Crippen LogP contribution in [0.4, 0.5) is 0 Å². The molecule has 0 aliphatic heterocycles. The average Bonchev–Trinajstić information content (AvgIpc) is 2.12. The van der Waals surface area contributed by atoms with E-state index >= 15 is 0 Å². The molecule has 11 heavy (non-hydrogen) atoms. The Kier molecular flexibility index (Phi) is 34.8. The van der Waals surface area contributed by atoms with Gasteiger partial charge in [-0.1, -0.05) is 64.6 Å². The topological polar surface area (TPSA) is 0 Å². The first-order valence-corrected chi connectivity index (χ1v) is 4.29. The molecule has 0 amide bonds. The third-order valence-electron chi connectivity index (χ3n) is 0.472. The van der Waals surface area contributed by atoms with E-state index in [0.717, 1.165) is 0 Å². The zero-order chi connectivity index (χ0) is 9.70. The standard InChI is InChI=1S/C6H7Cl.2C2H6/c1-3-5-6(7)4-2;2*1-2/h3-5H,1-2H2;2*1-2H3/b6-5+;;. The lowest BCUT2D eigenvalue weighted by Crippen LogP contribution is -1.53. The van der Waals surface area contributed by atoms with Crippen LogP contribution in [-0.2, 0) is 0 Å². The van der Waals surface area contributed by atoms with Crippen LogP contribution in [0.15, 0.2) is 36.4 Å². The molecule has 0 bridgehead atoms. The van der Waals surface area contributed by atoms with Gasteiger partial charge in [0, 0.05) is 5.03 Å². The van der Waals surface area contributed by atoms with E-state index in [1.54, 1.807) is 18.2 Å². The van der Waals surface area contributed by atoms with Gasteiger partial charge in [-0.3, -0.25) is 0 Å². The highest BCUT2D eigenvalue weighted by Crippen LogP contribution is 1.99. The van der Waals surface area contributed by atoms with E-state index in [2.05, 4.69) is 13.2 Å². The first-order valence-electron chi connectivity index (χ1n) is 3.92. The summed E-state index contributed by atoms with van der Waals surface area (Å²) in [6.07, 6.45) is 4.85. The monoisotopic (exact) mass is 174 g/mol. The molecule has 0 aromatic heterocycles. The van der Waals surface area contributed by atoms with Crippen LogP contribution in [0.5, 0.6) is 0 Å². The molecule has 0 N–H and O–H groups in total. The Hall–Kier alpha value is -0.490. The summed E-state index contributed by atoms with van der Waals surface area (Å²) in [6, 6.07) is 0. The van der Waals surface area contributed by atoms with Gasteiger partial charge in [0.05, 0.1) is 0 Å². The van der Waals surface area contributed by atoms with Crippen molar-refractivity contribution in [1.82, 2.24) is 0 Å². The maximum absolute atomic E-state index is 5.44. The Morgan fingerprint density at radius 3 is 1.55 bits per heavy atom. The van der Waals surface area contributed by atoms with Gasteiger partial charge in [0.2, 0.25) is 0 Å². The van der Waals surface area contributed by atoms with Crippen LogP contribution in [0, 0.1) is 0 Å². The van der Waals surface area contributed by atoms with Crippen molar-refractivity contribution in [3.05, 3.63) is 36.4 Å². The predicted molar refractivity (Wildman–Crippen MR) is 57.0 cm³/mol. The van der Waals surface area contributed by atoms with Crippen LogP contribution in [0.3, 0.4) is 0 Å². The van der Waals surface area contributed by atoms with E-state index in [9.17, 15) is 0 Å². The molecule has 0 unspecified atom stereocenters. The fraction of sp³-hybridized carbons (Fsp3) is 0.400. The summed E-state index contributed by atoms with van der Waals surface area (Å²) in [7, 11) is 0. The van der Waals surface area contributed by atoms with Crippen molar-refractivity contribution < 1.29 is 0 Å². The van der Waals surface area contributed by atoms with Crippen molar-refractivity contribution in [1.29, 1.82) is 0 Å². The quantitative estimate of drug-likeness (QED) is 0.540. The predicted octanol–water partition coefficient (Wildman–Crippen LogP) is 4.53. The van der Waals surface area contributed by atoms with Gasteiger partial charge in [0.1, 0.15) is 0 Å². The molecule has 0 aromatic rings. The first kappa shape index (κ1) is 16.9. The molecule has 0 aliphatic rings. The molecule has 0 saturated carbocycles. The maximum atomic E-state index is 5.44. The van der Waals surface area contributed by atoms with Crippen LogP contribution < -0.4 is 0 Å². The van der Waals surface area contributed by atoms with Crippen molar-refractivity contribution in [2.24, 2.45) is 0 Å². The molecule has 0 aliphatic carbocycles. The van der Waals surface area contributed by atoms with Gasteiger partial charge in [-0.05, 0) is 6.08 Å². The van der Waals surface area contributed by atoms with Gasteiger partial charge in [0.15, 0.2) is 0 Å². The lowest BCUT2D eigenvalue weighted by molar-refractivity contribution is 1.50. The largest absolute Gasteiger partial charge is 0.0990 e. The summed E-state index contributed by atoms with van der Waals surface area (Å²) >= 11 is 5.44. The molecule has 0 nitrogen and oxygen atoms in total. The summed E-state index contributed by atoms with van der Waals surface area (Å²) < 4.78 is 0. The van der Waals surface area contributed by atoms with Crippen molar-refractivity contribution >= 4 is 11.6 Å². The van der Waals surface area contributed by atoms with E-state index in [1.807, 2.05) is 27.7 Å². The fourth-order valence-corrected chi connectivity index (χ4v) is 0.270. The van der Waals surface area contributed by atoms with E-state index in [1.165, 1.54) is 0 Å². The average molecular weight is 175 g/mol. The highest BCUT2D eigenvalue weighted by atomic mass is 35.5. The van der Waals surface area contributed by atoms with Crippen molar-refractivity contribution in [2.75, 3.05) is 0 Å². The smallest absolute Gasteiger partial charge is 0.0399 e. The van der Waals surface area contributed by atoms with Crippen LogP contribution in [-0.4, -0.2) is 0 Å². The summed E-state index contributed by atoms with van der Waals surface area (Å²) in [5.41, 5.74) is 0. The molecule has 0 heterocycles. The van der Waals surface area contributed by atoms with Crippen LogP contribution in [0.1, 0.15) is 27.7 Å². The Morgan fingerprint density at radius 1 is 1.09 bits per heavy atom.